The maximum Gasteiger partial charge on any atom is 0.0412 e. The van der Waals surface area contributed by atoms with Gasteiger partial charge in [0.2, 0.25) is 0 Å². The lowest BCUT2D eigenvalue weighted by atomic mass is 9.99. The average molecular weight is 287 g/mol. The first-order valence-electron chi connectivity index (χ1n) is 7.10. The average Bonchev–Trinajstić information content (AvgIpc) is 2.49. The van der Waals surface area contributed by atoms with Crippen LogP contribution in [0, 0.1) is 0 Å². The Kier molecular flexibility index (Phi) is 4.36. The Balaban J connectivity index is 1.87. The van der Waals surface area contributed by atoms with Gasteiger partial charge in [-0.25, -0.2) is 0 Å². The minimum absolute atomic E-state index is 0.791. The van der Waals surface area contributed by atoms with E-state index < -0.39 is 0 Å². The molecule has 1 N–H and O–H groups in total. The van der Waals surface area contributed by atoms with Gasteiger partial charge < -0.3 is 5.32 Å². The number of nitrogens with one attached hydrogen (secondary N) is 1. The molecule has 0 aliphatic carbocycles. The largest absolute Gasteiger partial charge is 0.314 e. The predicted octanol–water partition coefficient (Wildman–Crippen LogP) is 3.41. The van der Waals surface area contributed by atoms with Crippen LogP contribution in [-0.4, -0.2) is 31.1 Å². The molecule has 0 aromatic heterocycles. The van der Waals surface area contributed by atoms with Gasteiger partial charge in [0.05, 0.1) is 0 Å². The number of benzene rings is 2. The second-order valence-electron chi connectivity index (χ2n) is 5.19. The third-order valence-electron chi connectivity index (χ3n) is 3.76. The molecule has 1 aliphatic rings. The van der Waals surface area contributed by atoms with Gasteiger partial charge in [0.25, 0.3) is 0 Å². The Bertz CT molecular complexity index is 577. The Morgan fingerprint density at radius 3 is 2.60 bits per heavy atom. The van der Waals surface area contributed by atoms with Crippen LogP contribution in [0.1, 0.15) is 5.56 Å². The monoisotopic (exact) mass is 286 g/mol. The van der Waals surface area contributed by atoms with Gasteiger partial charge in [-0.3, -0.25) is 4.90 Å². The van der Waals surface area contributed by atoms with E-state index in [0.29, 0.717) is 0 Å². The van der Waals surface area contributed by atoms with Crippen LogP contribution in [0.2, 0.25) is 5.02 Å². The van der Waals surface area contributed by atoms with Crippen LogP contribution in [0.15, 0.2) is 48.5 Å². The van der Waals surface area contributed by atoms with Crippen LogP contribution in [0.4, 0.5) is 0 Å². The zero-order valence-electron chi connectivity index (χ0n) is 11.5. The second-order valence-corrected chi connectivity index (χ2v) is 5.63. The highest BCUT2D eigenvalue weighted by atomic mass is 35.5. The van der Waals surface area contributed by atoms with Crippen LogP contribution in [0.3, 0.4) is 0 Å². The number of hydrogen-bond donors (Lipinski definition) is 1. The van der Waals surface area contributed by atoms with E-state index in [9.17, 15) is 0 Å². The lowest BCUT2D eigenvalue weighted by Crippen LogP contribution is -2.42. The highest BCUT2D eigenvalue weighted by molar-refractivity contribution is 6.30. The molecule has 0 unspecified atom stereocenters. The smallest absolute Gasteiger partial charge is 0.0412 e. The summed E-state index contributed by atoms with van der Waals surface area (Å²) >= 11 is 6.12. The molecule has 2 aromatic carbocycles. The normalized spacial score (nSPS) is 16.2. The molecular weight excluding hydrogens is 268 g/mol. The molecule has 3 heteroatoms. The molecular formula is C17H19ClN2. The first-order valence-corrected chi connectivity index (χ1v) is 7.48. The summed E-state index contributed by atoms with van der Waals surface area (Å²) in [5.74, 6) is 0. The fraction of sp³-hybridized carbons (Fsp3) is 0.294. The van der Waals surface area contributed by atoms with Gasteiger partial charge in [0.1, 0.15) is 0 Å². The van der Waals surface area contributed by atoms with Crippen molar-refractivity contribution in [2.45, 2.75) is 6.54 Å². The van der Waals surface area contributed by atoms with Gasteiger partial charge in [-0.05, 0) is 28.8 Å². The molecule has 0 amide bonds. The summed E-state index contributed by atoms with van der Waals surface area (Å²) in [5.41, 5.74) is 3.86. The Morgan fingerprint density at radius 2 is 1.80 bits per heavy atom. The molecule has 0 spiro atoms. The molecule has 2 nitrogen and oxygen atoms in total. The van der Waals surface area contributed by atoms with Crippen molar-refractivity contribution in [2.75, 3.05) is 26.2 Å². The Hall–Kier alpha value is -1.35. The maximum atomic E-state index is 6.12. The van der Waals surface area contributed by atoms with Gasteiger partial charge in [-0.2, -0.15) is 0 Å². The number of halogens is 1. The van der Waals surface area contributed by atoms with Crippen LogP contribution in [0.25, 0.3) is 11.1 Å². The first-order chi connectivity index (χ1) is 9.83. The third-order valence-corrected chi connectivity index (χ3v) is 3.99. The molecule has 1 saturated heterocycles. The van der Waals surface area contributed by atoms with Crippen molar-refractivity contribution in [3.8, 4) is 11.1 Å². The van der Waals surface area contributed by atoms with Crippen LogP contribution < -0.4 is 5.32 Å². The van der Waals surface area contributed by atoms with E-state index in [2.05, 4.69) is 40.5 Å². The zero-order valence-corrected chi connectivity index (χ0v) is 12.2. The molecule has 0 bridgehead atoms. The molecule has 0 atom stereocenters. The highest BCUT2D eigenvalue weighted by Crippen LogP contribution is 2.27. The number of rotatable bonds is 3. The Morgan fingerprint density at radius 1 is 1.00 bits per heavy atom. The van der Waals surface area contributed by atoms with Gasteiger partial charge in [-0.1, -0.05) is 48.0 Å². The lowest BCUT2D eigenvalue weighted by Gasteiger charge is -2.28. The van der Waals surface area contributed by atoms with Gasteiger partial charge >= 0.3 is 0 Å². The maximum absolute atomic E-state index is 6.12. The number of hydrogen-bond acceptors (Lipinski definition) is 2. The zero-order chi connectivity index (χ0) is 13.8. The van der Waals surface area contributed by atoms with Crippen LogP contribution >= 0.6 is 11.6 Å². The quantitative estimate of drug-likeness (QED) is 0.930. The van der Waals surface area contributed by atoms with Crippen molar-refractivity contribution in [3.05, 3.63) is 59.1 Å². The van der Waals surface area contributed by atoms with Crippen molar-refractivity contribution in [2.24, 2.45) is 0 Å². The van der Waals surface area contributed by atoms with E-state index in [-0.39, 0.29) is 0 Å². The molecule has 3 rings (SSSR count). The number of piperazine rings is 1. The molecule has 1 heterocycles. The molecule has 2 aromatic rings. The first kappa shape index (κ1) is 13.6. The van der Waals surface area contributed by atoms with Crippen molar-refractivity contribution in [1.82, 2.24) is 10.2 Å². The number of nitrogens with zero attached hydrogens (tertiary/aromatic N) is 1. The van der Waals surface area contributed by atoms with Crippen molar-refractivity contribution >= 4 is 11.6 Å². The van der Waals surface area contributed by atoms with Crippen LogP contribution in [0.5, 0.6) is 0 Å². The van der Waals surface area contributed by atoms with Crippen molar-refractivity contribution < 1.29 is 0 Å². The predicted molar refractivity (Wildman–Crippen MR) is 85.0 cm³/mol. The minimum Gasteiger partial charge on any atom is -0.314 e. The molecule has 1 aliphatic heterocycles. The van der Waals surface area contributed by atoms with E-state index in [1.165, 1.54) is 16.7 Å². The molecule has 20 heavy (non-hydrogen) atoms. The fourth-order valence-corrected chi connectivity index (χ4v) is 2.90. The summed E-state index contributed by atoms with van der Waals surface area (Å²) in [6.45, 7) is 5.40. The van der Waals surface area contributed by atoms with E-state index in [4.69, 9.17) is 11.6 Å². The van der Waals surface area contributed by atoms with E-state index in [1.807, 2.05) is 18.2 Å². The van der Waals surface area contributed by atoms with Gasteiger partial charge in [-0.15, -0.1) is 0 Å². The second kappa shape index (κ2) is 6.40. The summed E-state index contributed by atoms with van der Waals surface area (Å²) in [6.07, 6.45) is 0. The summed E-state index contributed by atoms with van der Waals surface area (Å²) in [7, 11) is 0. The lowest BCUT2D eigenvalue weighted by molar-refractivity contribution is 0.233. The van der Waals surface area contributed by atoms with Gasteiger partial charge in [0, 0.05) is 37.7 Å². The van der Waals surface area contributed by atoms with Crippen LogP contribution in [-0.2, 0) is 6.54 Å². The van der Waals surface area contributed by atoms with Crippen molar-refractivity contribution in [1.29, 1.82) is 0 Å². The fourth-order valence-electron chi connectivity index (χ4n) is 2.71. The summed E-state index contributed by atoms with van der Waals surface area (Å²) in [5, 5.41) is 4.19. The van der Waals surface area contributed by atoms with E-state index in [0.717, 1.165) is 37.7 Å². The van der Waals surface area contributed by atoms with E-state index >= 15 is 0 Å². The molecule has 104 valence electrons. The molecule has 0 saturated carbocycles. The minimum atomic E-state index is 0.791. The summed E-state index contributed by atoms with van der Waals surface area (Å²) in [6, 6.07) is 16.7. The van der Waals surface area contributed by atoms with E-state index in [1.54, 1.807) is 0 Å². The Labute approximate surface area is 125 Å². The molecule has 1 fully saturated rings. The standard InChI is InChI=1S/C17H19ClN2/c18-16-6-3-5-14(12-16)17-7-2-1-4-15(17)13-20-10-8-19-9-11-20/h1-7,12,19H,8-11,13H2. The van der Waals surface area contributed by atoms with Crippen molar-refractivity contribution in [3.63, 3.8) is 0 Å². The topological polar surface area (TPSA) is 15.3 Å². The SMILES string of the molecule is Clc1cccc(-c2ccccc2CN2CCNCC2)c1. The van der Waals surface area contributed by atoms with Gasteiger partial charge in [0.15, 0.2) is 0 Å². The third kappa shape index (κ3) is 3.21. The summed E-state index contributed by atoms with van der Waals surface area (Å²) < 4.78 is 0. The summed E-state index contributed by atoms with van der Waals surface area (Å²) in [4.78, 5) is 2.50. The highest BCUT2D eigenvalue weighted by Gasteiger charge is 2.12. The molecule has 0 radical (unpaired) electrons.